The topological polar surface area (TPSA) is 17.1 Å². The highest BCUT2D eigenvalue weighted by molar-refractivity contribution is 6.40. The van der Waals surface area contributed by atoms with Crippen LogP contribution in [-0.2, 0) is 0 Å². The number of hydrogen-bond donors (Lipinski definition) is 0. The molecule has 0 atom stereocenters. The Morgan fingerprint density at radius 2 is 1.77 bits per heavy atom. The first kappa shape index (κ1) is 9.04. The van der Waals surface area contributed by atoms with Crippen molar-refractivity contribution in [2.24, 2.45) is 5.92 Å². The Balaban J connectivity index is 2.42. The number of carbonyl (C=O) groups is 1. The molecule has 0 unspecified atom stereocenters. The fraction of sp³-hybridized carbons (Fsp3) is 0.300. The van der Waals surface area contributed by atoms with Crippen LogP contribution in [0, 0.1) is 5.92 Å². The lowest BCUT2D eigenvalue weighted by atomic mass is 10.1. The third-order valence-electron chi connectivity index (χ3n) is 2.16. The molecule has 13 heavy (non-hydrogen) atoms. The summed E-state index contributed by atoms with van der Waals surface area (Å²) >= 11 is 11.8. The second kappa shape index (κ2) is 3.32. The predicted octanol–water partition coefficient (Wildman–Crippen LogP) is 3.59. The van der Waals surface area contributed by atoms with E-state index in [1.165, 1.54) is 0 Å². The van der Waals surface area contributed by atoms with Gasteiger partial charge in [-0.05, 0) is 25.0 Å². The average molecular weight is 215 g/mol. The van der Waals surface area contributed by atoms with Crippen molar-refractivity contribution < 1.29 is 4.79 Å². The second-order valence-electron chi connectivity index (χ2n) is 3.24. The van der Waals surface area contributed by atoms with Crippen molar-refractivity contribution in [2.45, 2.75) is 12.8 Å². The molecule has 1 aliphatic rings. The van der Waals surface area contributed by atoms with Crippen LogP contribution in [-0.4, -0.2) is 5.78 Å². The second-order valence-corrected chi connectivity index (χ2v) is 4.05. The van der Waals surface area contributed by atoms with Crippen LogP contribution in [0.4, 0.5) is 0 Å². The van der Waals surface area contributed by atoms with Gasteiger partial charge in [-0.25, -0.2) is 0 Å². The molecule has 1 nitrogen and oxygen atoms in total. The summed E-state index contributed by atoms with van der Waals surface area (Å²) < 4.78 is 0. The van der Waals surface area contributed by atoms with Crippen LogP contribution in [0.2, 0.25) is 10.0 Å². The molecule has 0 saturated heterocycles. The molecule has 0 spiro atoms. The number of carbonyl (C=O) groups excluding carboxylic acids is 1. The minimum Gasteiger partial charge on any atom is -0.294 e. The monoisotopic (exact) mass is 214 g/mol. The number of benzene rings is 1. The Morgan fingerprint density at radius 1 is 1.23 bits per heavy atom. The van der Waals surface area contributed by atoms with Gasteiger partial charge in [-0.15, -0.1) is 0 Å². The molecule has 3 heteroatoms. The summed E-state index contributed by atoms with van der Waals surface area (Å²) in [6.07, 6.45) is 1.95. The van der Waals surface area contributed by atoms with Crippen molar-refractivity contribution in [1.29, 1.82) is 0 Å². The highest BCUT2D eigenvalue weighted by Gasteiger charge is 2.32. The third-order valence-corrected chi connectivity index (χ3v) is 2.79. The van der Waals surface area contributed by atoms with Crippen LogP contribution < -0.4 is 0 Å². The van der Waals surface area contributed by atoms with E-state index < -0.39 is 0 Å². The molecular weight excluding hydrogens is 207 g/mol. The first-order chi connectivity index (χ1) is 6.20. The van der Waals surface area contributed by atoms with E-state index in [-0.39, 0.29) is 11.7 Å². The predicted molar refractivity (Wildman–Crippen MR) is 53.5 cm³/mol. The molecule has 1 saturated carbocycles. The normalized spacial score (nSPS) is 15.8. The Bertz CT molecular complexity index is 336. The maximum absolute atomic E-state index is 11.7. The molecule has 1 aromatic carbocycles. The van der Waals surface area contributed by atoms with E-state index >= 15 is 0 Å². The molecular formula is C10H8Cl2O. The Labute approximate surface area is 86.7 Å². The van der Waals surface area contributed by atoms with Crippen molar-refractivity contribution in [1.82, 2.24) is 0 Å². The van der Waals surface area contributed by atoms with Gasteiger partial charge in [0.1, 0.15) is 0 Å². The molecule has 68 valence electrons. The lowest BCUT2D eigenvalue weighted by Gasteiger charge is -2.03. The highest BCUT2D eigenvalue weighted by atomic mass is 35.5. The van der Waals surface area contributed by atoms with Crippen molar-refractivity contribution in [3.63, 3.8) is 0 Å². The lowest BCUT2D eigenvalue weighted by Crippen LogP contribution is -2.02. The molecule has 2 rings (SSSR count). The fourth-order valence-electron chi connectivity index (χ4n) is 1.28. The first-order valence-corrected chi connectivity index (χ1v) is 4.94. The summed E-state index contributed by atoms with van der Waals surface area (Å²) in [5.41, 5.74) is 0.494. The zero-order valence-corrected chi connectivity index (χ0v) is 8.40. The number of hydrogen-bond acceptors (Lipinski definition) is 1. The van der Waals surface area contributed by atoms with E-state index in [0.29, 0.717) is 15.6 Å². The Morgan fingerprint density at radius 3 is 2.23 bits per heavy atom. The number of halogens is 2. The van der Waals surface area contributed by atoms with Crippen LogP contribution in [0.1, 0.15) is 23.2 Å². The smallest absolute Gasteiger partial charge is 0.168 e. The van der Waals surface area contributed by atoms with E-state index in [4.69, 9.17) is 23.2 Å². The van der Waals surface area contributed by atoms with Crippen molar-refractivity contribution in [3.8, 4) is 0 Å². The SMILES string of the molecule is O=C(c1c(Cl)cccc1Cl)C1CC1. The standard InChI is InChI=1S/C10H8Cl2O/c11-7-2-1-3-8(12)9(7)10(13)6-4-5-6/h1-3,6H,4-5H2. The first-order valence-electron chi connectivity index (χ1n) is 4.18. The van der Waals surface area contributed by atoms with Crippen LogP contribution in [0.3, 0.4) is 0 Å². The van der Waals surface area contributed by atoms with E-state index in [0.717, 1.165) is 12.8 Å². The van der Waals surface area contributed by atoms with Crippen molar-refractivity contribution in [3.05, 3.63) is 33.8 Å². The molecule has 0 aromatic heterocycles. The fourth-order valence-corrected chi connectivity index (χ4v) is 1.87. The van der Waals surface area contributed by atoms with Crippen molar-refractivity contribution >= 4 is 29.0 Å². The molecule has 0 N–H and O–H groups in total. The summed E-state index contributed by atoms with van der Waals surface area (Å²) in [5.74, 6) is 0.257. The zero-order chi connectivity index (χ0) is 9.42. The summed E-state index contributed by atoms with van der Waals surface area (Å²) in [5, 5.41) is 0.925. The molecule has 0 aliphatic heterocycles. The van der Waals surface area contributed by atoms with E-state index in [1.807, 2.05) is 0 Å². The van der Waals surface area contributed by atoms with Gasteiger partial charge in [0.05, 0.1) is 15.6 Å². The quantitative estimate of drug-likeness (QED) is 0.689. The van der Waals surface area contributed by atoms with Crippen LogP contribution >= 0.6 is 23.2 Å². The highest BCUT2D eigenvalue weighted by Crippen LogP contribution is 2.36. The average Bonchev–Trinajstić information content (AvgIpc) is 2.85. The van der Waals surface area contributed by atoms with Gasteiger partial charge in [-0.2, -0.15) is 0 Å². The van der Waals surface area contributed by atoms with Gasteiger partial charge in [0.15, 0.2) is 5.78 Å². The van der Waals surface area contributed by atoms with Crippen LogP contribution in [0.25, 0.3) is 0 Å². The molecule has 1 fully saturated rings. The maximum Gasteiger partial charge on any atom is 0.168 e. The van der Waals surface area contributed by atoms with Crippen LogP contribution in [0.5, 0.6) is 0 Å². The zero-order valence-electron chi connectivity index (χ0n) is 6.89. The molecule has 0 bridgehead atoms. The minimum absolute atomic E-state index is 0.0931. The minimum atomic E-state index is 0.0931. The molecule has 1 aliphatic carbocycles. The van der Waals surface area contributed by atoms with Crippen molar-refractivity contribution in [2.75, 3.05) is 0 Å². The van der Waals surface area contributed by atoms with Crippen LogP contribution in [0.15, 0.2) is 18.2 Å². The van der Waals surface area contributed by atoms with E-state index in [9.17, 15) is 4.79 Å². The van der Waals surface area contributed by atoms with Gasteiger partial charge >= 0.3 is 0 Å². The van der Waals surface area contributed by atoms with Gasteiger partial charge in [-0.3, -0.25) is 4.79 Å². The largest absolute Gasteiger partial charge is 0.294 e. The lowest BCUT2D eigenvalue weighted by molar-refractivity contribution is 0.0968. The van der Waals surface area contributed by atoms with Gasteiger partial charge < -0.3 is 0 Å². The molecule has 0 heterocycles. The molecule has 0 amide bonds. The van der Waals surface area contributed by atoms with Gasteiger partial charge in [-0.1, -0.05) is 29.3 Å². The number of Topliss-reactive ketones (excluding diaryl/α,β-unsaturated/α-hetero) is 1. The number of rotatable bonds is 2. The summed E-state index contributed by atoms with van der Waals surface area (Å²) in [7, 11) is 0. The number of ketones is 1. The maximum atomic E-state index is 11.7. The Kier molecular flexibility index (Phi) is 2.31. The third kappa shape index (κ3) is 1.72. The molecule has 0 radical (unpaired) electrons. The van der Waals surface area contributed by atoms with E-state index in [2.05, 4.69) is 0 Å². The van der Waals surface area contributed by atoms with E-state index in [1.54, 1.807) is 18.2 Å². The van der Waals surface area contributed by atoms with Gasteiger partial charge in [0.25, 0.3) is 0 Å². The summed E-state index contributed by atoms with van der Waals surface area (Å²) in [6.45, 7) is 0. The Hall–Kier alpha value is -0.530. The van der Waals surface area contributed by atoms with Gasteiger partial charge in [0.2, 0.25) is 0 Å². The van der Waals surface area contributed by atoms with Gasteiger partial charge in [0, 0.05) is 5.92 Å². The summed E-state index contributed by atoms with van der Waals surface area (Å²) in [4.78, 5) is 11.7. The molecule has 1 aromatic rings. The summed E-state index contributed by atoms with van der Waals surface area (Å²) in [6, 6.07) is 5.14.